The Morgan fingerprint density at radius 1 is 1.04 bits per heavy atom. The molecule has 128 valence electrons. The highest BCUT2D eigenvalue weighted by atomic mass is 35.5. The fourth-order valence-corrected chi connectivity index (χ4v) is 4.34. The van der Waals surface area contributed by atoms with E-state index in [1.807, 2.05) is 6.07 Å². The molecule has 1 saturated carbocycles. The maximum atomic E-state index is 6.51. The molecule has 1 unspecified atom stereocenters. The zero-order valence-electron chi connectivity index (χ0n) is 14.0. The van der Waals surface area contributed by atoms with Gasteiger partial charge in [0.2, 0.25) is 0 Å². The maximum absolute atomic E-state index is 6.51. The van der Waals surface area contributed by atoms with Gasteiger partial charge in [0.15, 0.2) is 0 Å². The maximum Gasteiger partial charge on any atom is 0.0716 e. The van der Waals surface area contributed by atoms with Crippen LogP contribution in [0.15, 0.2) is 30.3 Å². The minimum Gasteiger partial charge on any atom is -0.377 e. The third-order valence-electron chi connectivity index (χ3n) is 5.25. The zero-order valence-corrected chi connectivity index (χ0v) is 14.7. The molecule has 0 bridgehead atoms. The number of hydrogen-bond acceptors (Lipinski definition) is 2. The molecule has 2 fully saturated rings. The molecule has 1 saturated heterocycles. The van der Waals surface area contributed by atoms with E-state index >= 15 is 0 Å². The van der Waals surface area contributed by atoms with Crippen LogP contribution in [0.4, 0.5) is 0 Å². The molecule has 1 aromatic rings. The molecular weight excluding hydrogens is 308 g/mol. The summed E-state index contributed by atoms with van der Waals surface area (Å²) < 4.78 is 12.2. The number of ether oxygens (including phenoxy) is 2. The lowest BCUT2D eigenvalue weighted by atomic mass is 9.82. The summed E-state index contributed by atoms with van der Waals surface area (Å²) in [5, 5.41) is 0.273. The lowest BCUT2D eigenvalue weighted by Gasteiger charge is -2.38. The van der Waals surface area contributed by atoms with E-state index in [1.165, 1.54) is 37.7 Å². The van der Waals surface area contributed by atoms with Crippen molar-refractivity contribution >= 4 is 11.6 Å². The van der Waals surface area contributed by atoms with Crippen LogP contribution in [0.25, 0.3) is 0 Å². The van der Waals surface area contributed by atoms with Crippen LogP contribution in [-0.4, -0.2) is 24.2 Å². The van der Waals surface area contributed by atoms with Crippen molar-refractivity contribution in [1.29, 1.82) is 0 Å². The van der Waals surface area contributed by atoms with Gasteiger partial charge in [0, 0.05) is 12.0 Å². The molecule has 3 heteroatoms. The van der Waals surface area contributed by atoms with E-state index in [0.717, 1.165) is 31.8 Å². The fourth-order valence-electron chi connectivity index (χ4n) is 3.97. The number of alkyl halides is 1. The first-order valence-electron chi connectivity index (χ1n) is 9.22. The molecule has 0 radical (unpaired) electrons. The van der Waals surface area contributed by atoms with Crippen LogP contribution >= 0.6 is 11.6 Å². The van der Waals surface area contributed by atoms with Gasteiger partial charge in [-0.15, -0.1) is 11.6 Å². The molecule has 0 spiro atoms. The van der Waals surface area contributed by atoms with Gasteiger partial charge in [0.25, 0.3) is 0 Å². The first-order valence-corrected chi connectivity index (χ1v) is 9.66. The Bertz CT molecular complexity index is 444. The summed E-state index contributed by atoms with van der Waals surface area (Å²) in [4.78, 5) is 0. The molecule has 0 amide bonds. The van der Waals surface area contributed by atoms with Crippen molar-refractivity contribution in [2.45, 2.75) is 75.6 Å². The van der Waals surface area contributed by atoms with Crippen molar-refractivity contribution in [3.63, 3.8) is 0 Å². The first-order chi connectivity index (χ1) is 11.3. The third kappa shape index (κ3) is 5.48. The summed E-state index contributed by atoms with van der Waals surface area (Å²) in [7, 11) is 0. The van der Waals surface area contributed by atoms with Crippen LogP contribution in [0.5, 0.6) is 0 Å². The highest BCUT2D eigenvalue weighted by molar-refractivity contribution is 6.20. The largest absolute Gasteiger partial charge is 0.377 e. The summed E-state index contributed by atoms with van der Waals surface area (Å²) in [6.07, 6.45) is 10.4. The van der Waals surface area contributed by atoms with Crippen molar-refractivity contribution in [1.82, 2.24) is 0 Å². The van der Waals surface area contributed by atoms with E-state index in [-0.39, 0.29) is 11.5 Å². The molecule has 3 rings (SSSR count). The molecule has 23 heavy (non-hydrogen) atoms. The minimum absolute atomic E-state index is 0.272. The smallest absolute Gasteiger partial charge is 0.0716 e. The number of halogens is 1. The van der Waals surface area contributed by atoms with Gasteiger partial charge in [-0.1, -0.05) is 49.6 Å². The zero-order chi connectivity index (χ0) is 15.9. The first kappa shape index (κ1) is 17.3. The predicted octanol–water partition coefficient (Wildman–Crippen LogP) is 5.33. The highest BCUT2D eigenvalue weighted by Gasteiger charge is 2.33. The van der Waals surface area contributed by atoms with E-state index in [9.17, 15) is 0 Å². The third-order valence-corrected chi connectivity index (χ3v) is 5.60. The summed E-state index contributed by atoms with van der Waals surface area (Å²) in [6.45, 7) is 1.43. The molecular formula is C20H29ClO2. The van der Waals surface area contributed by atoms with Gasteiger partial charge in [-0.2, -0.15) is 0 Å². The quantitative estimate of drug-likeness (QED) is 0.516. The molecule has 1 heterocycles. The van der Waals surface area contributed by atoms with Gasteiger partial charge >= 0.3 is 0 Å². The normalized spacial score (nSPS) is 29.5. The van der Waals surface area contributed by atoms with Crippen molar-refractivity contribution in [3.05, 3.63) is 35.9 Å². The Balaban J connectivity index is 1.40. The van der Waals surface area contributed by atoms with Gasteiger partial charge in [-0.3, -0.25) is 0 Å². The molecule has 1 aromatic carbocycles. The Labute approximate surface area is 145 Å². The van der Waals surface area contributed by atoms with Crippen molar-refractivity contribution < 1.29 is 9.47 Å². The predicted molar refractivity (Wildman–Crippen MR) is 94.8 cm³/mol. The summed E-state index contributed by atoms with van der Waals surface area (Å²) in [5.41, 5.74) is 1.23. The van der Waals surface area contributed by atoms with Gasteiger partial charge in [-0.25, -0.2) is 0 Å². The SMILES string of the molecule is Cl[C@H]1CC(CCOCc2ccccc2)O[C@@H](C2CCCCC2)C1. The lowest BCUT2D eigenvalue weighted by Crippen LogP contribution is -2.39. The van der Waals surface area contributed by atoms with Gasteiger partial charge in [-0.05, 0) is 43.6 Å². The van der Waals surface area contributed by atoms with Crippen LogP contribution in [-0.2, 0) is 16.1 Å². The van der Waals surface area contributed by atoms with E-state index in [1.54, 1.807) is 0 Å². The molecule has 3 atom stereocenters. The van der Waals surface area contributed by atoms with Crippen molar-refractivity contribution in [3.8, 4) is 0 Å². The number of benzene rings is 1. The van der Waals surface area contributed by atoms with Gasteiger partial charge in [0.05, 0.1) is 18.8 Å². The number of rotatable bonds is 6. The lowest BCUT2D eigenvalue weighted by molar-refractivity contribution is -0.0921. The minimum atomic E-state index is 0.272. The van der Waals surface area contributed by atoms with Crippen molar-refractivity contribution in [2.24, 2.45) is 5.92 Å². The van der Waals surface area contributed by atoms with Crippen LogP contribution in [0.1, 0.15) is 56.9 Å². The van der Waals surface area contributed by atoms with Crippen LogP contribution in [0.3, 0.4) is 0 Å². The number of hydrogen-bond donors (Lipinski definition) is 0. The second-order valence-corrected chi connectivity index (χ2v) is 7.71. The van der Waals surface area contributed by atoms with E-state index in [4.69, 9.17) is 21.1 Å². The molecule has 2 aliphatic rings. The second kappa shape index (κ2) is 9.05. The van der Waals surface area contributed by atoms with E-state index in [0.29, 0.717) is 12.7 Å². The summed E-state index contributed by atoms with van der Waals surface area (Å²) >= 11 is 6.51. The monoisotopic (exact) mass is 336 g/mol. The molecule has 1 aliphatic heterocycles. The Kier molecular flexibility index (Phi) is 6.79. The van der Waals surface area contributed by atoms with Crippen LogP contribution in [0.2, 0.25) is 0 Å². The average Bonchev–Trinajstić information content (AvgIpc) is 2.60. The van der Waals surface area contributed by atoms with E-state index in [2.05, 4.69) is 24.3 Å². The van der Waals surface area contributed by atoms with Crippen molar-refractivity contribution in [2.75, 3.05) is 6.61 Å². The van der Waals surface area contributed by atoms with Crippen LogP contribution < -0.4 is 0 Å². The Morgan fingerprint density at radius 3 is 2.61 bits per heavy atom. The standard InChI is InChI=1S/C20H29ClO2/c21-18-13-19(11-12-22-15-16-7-3-1-4-8-16)23-20(14-18)17-9-5-2-6-10-17/h1,3-4,7-8,17-20H,2,5-6,9-15H2/t18-,19?,20+/m0/s1. The molecule has 1 aliphatic carbocycles. The Hall–Kier alpha value is -0.570. The molecule has 0 aromatic heterocycles. The fraction of sp³-hybridized carbons (Fsp3) is 0.700. The van der Waals surface area contributed by atoms with E-state index < -0.39 is 0 Å². The summed E-state index contributed by atoms with van der Waals surface area (Å²) in [6, 6.07) is 10.3. The van der Waals surface area contributed by atoms with Gasteiger partial charge < -0.3 is 9.47 Å². The Morgan fingerprint density at radius 2 is 1.83 bits per heavy atom. The molecule has 2 nitrogen and oxygen atoms in total. The average molecular weight is 337 g/mol. The second-order valence-electron chi connectivity index (χ2n) is 7.09. The topological polar surface area (TPSA) is 18.5 Å². The van der Waals surface area contributed by atoms with Gasteiger partial charge in [0.1, 0.15) is 0 Å². The highest BCUT2D eigenvalue weighted by Crippen LogP contribution is 2.36. The summed E-state index contributed by atoms with van der Waals surface area (Å²) in [5.74, 6) is 0.734. The van der Waals surface area contributed by atoms with Crippen LogP contribution in [0, 0.1) is 5.92 Å². The molecule has 0 N–H and O–H groups in total.